The second kappa shape index (κ2) is 9.11. The number of halogens is 1. The molecular weight excluding hydrogens is 477 g/mol. The van der Waals surface area contributed by atoms with Crippen molar-refractivity contribution in [2.75, 3.05) is 6.61 Å². The van der Waals surface area contributed by atoms with Crippen molar-refractivity contribution in [3.8, 4) is 0 Å². The first-order valence-corrected chi connectivity index (χ1v) is 11.5. The third kappa shape index (κ3) is 4.98. The number of carbonyl (C=O) groups excluding carboxylic acids is 2. The summed E-state index contributed by atoms with van der Waals surface area (Å²) >= 11 is 2.27. The van der Waals surface area contributed by atoms with Gasteiger partial charge in [-0.1, -0.05) is 45.7 Å². The number of carbonyl (C=O) groups is 2. The number of benzene rings is 1. The highest BCUT2D eigenvalue weighted by Gasteiger charge is 2.46. The van der Waals surface area contributed by atoms with Crippen molar-refractivity contribution in [2.45, 2.75) is 65.7 Å². The molecule has 1 heterocycles. The van der Waals surface area contributed by atoms with E-state index in [1.165, 1.54) is 0 Å². The Balaban J connectivity index is 2.02. The molecule has 0 saturated carbocycles. The third-order valence-corrected chi connectivity index (χ3v) is 6.43. The molecule has 5 heteroatoms. The summed E-state index contributed by atoms with van der Waals surface area (Å²) < 4.78 is 6.72. The average molecular weight is 507 g/mol. The van der Waals surface area contributed by atoms with Crippen LogP contribution in [0.4, 0.5) is 0 Å². The minimum absolute atomic E-state index is 0.108. The first-order valence-electron chi connectivity index (χ1n) is 10.5. The lowest BCUT2D eigenvalue weighted by Crippen LogP contribution is -2.39. The van der Waals surface area contributed by atoms with Gasteiger partial charge in [0.2, 0.25) is 0 Å². The maximum absolute atomic E-state index is 13.2. The monoisotopic (exact) mass is 507 g/mol. The predicted octanol–water partition coefficient (Wildman–Crippen LogP) is 5.84. The Morgan fingerprint density at radius 1 is 1.28 bits per heavy atom. The van der Waals surface area contributed by atoms with E-state index in [9.17, 15) is 9.59 Å². The second-order valence-electron chi connectivity index (χ2n) is 8.94. The number of aliphatic imine (C=N–C) groups is 1. The molecule has 0 spiro atoms. The number of hydrogen-bond donors (Lipinski definition) is 0. The van der Waals surface area contributed by atoms with Gasteiger partial charge < -0.3 is 4.74 Å². The van der Waals surface area contributed by atoms with Crippen LogP contribution in [0, 0.1) is 14.9 Å². The van der Waals surface area contributed by atoms with Crippen LogP contribution < -0.4 is 0 Å². The minimum atomic E-state index is -0.543. The highest BCUT2D eigenvalue weighted by molar-refractivity contribution is 14.1. The fourth-order valence-electron chi connectivity index (χ4n) is 4.43. The zero-order chi connectivity index (χ0) is 21.2. The van der Waals surface area contributed by atoms with Gasteiger partial charge in [0.05, 0.1) is 6.61 Å². The van der Waals surface area contributed by atoms with Gasteiger partial charge in [-0.05, 0) is 65.5 Å². The normalized spacial score (nSPS) is 23.5. The number of rotatable bonds is 6. The standard InChI is InChI=1S/C24H30INO3/c1-5-6-7-11-29-23(28)20-15(2)26-18-13-24(3,4)14-19(27)22(18)21(20)16-9-8-10-17(25)12-16/h8-10,12,20-21H,5-7,11,13-14H2,1-4H3/t20?,21-/m0/s1. The molecule has 1 aliphatic heterocycles. The molecule has 156 valence electrons. The summed E-state index contributed by atoms with van der Waals surface area (Å²) in [4.78, 5) is 31.1. The molecule has 0 aromatic heterocycles. The topological polar surface area (TPSA) is 55.7 Å². The molecule has 0 radical (unpaired) electrons. The van der Waals surface area contributed by atoms with Crippen molar-refractivity contribution in [1.29, 1.82) is 0 Å². The molecule has 0 amide bonds. The number of allylic oxidation sites excluding steroid dienone is 2. The summed E-state index contributed by atoms with van der Waals surface area (Å²) in [6.07, 6.45) is 4.21. The van der Waals surface area contributed by atoms with Crippen LogP contribution in [0.25, 0.3) is 0 Å². The summed E-state index contributed by atoms with van der Waals surface area (Å²) in [5.41, 5.74) is 3.19. The molecule has 29 heavy (non-hydrogen) atoms. The van der Waals surface area contributed by atoms with Gasteiger partial charge in [-0.2, -0.15) is 0 Å². The smallest absolute Gasteiger partial charge is 0.315 e. The van der Waals surface area contributed by atoms with Crippen LogP contribution in [0.2, 0.25) is 0 Å². The molecule has 2 aliphatic rings. The molecular formula is C24H30INO3. The van der Waals surface area contributed by atoms with Gasteiger partial charge in [0.15, 0.2) is 5.78 Å². The summed E-state index contributed by atoms with van der Waals surface area (Å²) in [5.74, 6) is -1.02. The molecule has 1 unspecified atom stereocenters. The molecule has 1 aliphatic carbocycles. The molecule has 1 aromatic carbocycles. The Morgan fingerprint density at radius 3 is 2.72 bits per heavy atom. The lowest BCUT2D eigenvalue weighted by atomic mass is 9.67. The van der Waals surface area contributed by atoms with Gasteiger partial charge in [-0.3, -0.25) is 14.6 Å². The predicted molar refractivity (Wildman–Crippen MR) is 124 cm³/mol. The number of unbranched alkanes of at least 4 members (excludes halogenated alkanes) is 2. The lowest BCUT2D eigenvalue weighted by molar-refractivity contribution is -0.146. The van der Waals surface area contributed by atoms with Crippen LogP contribution in [0.1, 0.15) is 71.3 Å². The van der Waals surface area contributed by atoms with Gasteiger partial charge in [-0.15, -0.1) is 0 Å². The van der Waals surface area contributed by atoms with Crippen molar-refractivity contribution in [3.63, 3.8) is 0 Å². The lowest BCUT2D eigenvalue weighted by Gasteiger charge is -2.39. The van der Waals surface area contributed by atoms with Crippen molar-refractivity contribution in [3.05, 3.63) is 44.7 Å². The molecule has 0 saturated heterocycles. The van der Waals surface area contributed by atoms with E-state index in [0.29, 0.717) is 18.6 Å². The molecule has 2 atom stereocenters. The number of nitrogens with zero attached hydrogens (tertiary/aromatic N) is 1. The molecule has 4 nitrogen and oxygen atoms in total. The van der Waals surface area contributed by atoms with E-state index in [1.807, 2.05) is 25.1 Å². The van der Waals surface area contributed by atoms with Crippen molar-refractivity contribution in [2.24, 2.45) is 16.3 Å². The SMILES string of the molecule is CCCCCOC(=O)C1C(C)=NC2=C(C(=O)CC(C)(C)C2)[C@H]1c1cccc(I)c1. The van der Waals surface area contributed by atoms with Gasteiger partial charge in [0.1, 0.15) is 5.92 Å². The number of ketones is 1. The molecule has 0 fully saturated rings. The third-order valence-electron chi connectivity index (χ3n) is 5.76. The van der Waals surface area contributed by atoms with E-state index in [4.69, 9.17) is 9.73 Å². The van der Waals surface area contributed by atoms with Crippen LogP contribution in [0.5, 0.6) is 0 Å². The zero-order valence-corrected chi connectivity index (χ0v) is 19.9. The Morgan fingerprint density at radius 2 is 2.03 bits per heavy atom. The fourth-order valence-corrected chi connectivity index (χ4v) is 4.99. The summed E-state index contributed by atoms with van der Waals surface area (Å²) in [7, 11) is 0. The molecule has 1 aromatic rings. The van der Waals surface area contributed by atoms with E-state index in [0.717, 1.165) is 46.2 Å². The summed E-state index contributed by atoms with van der Waals surface area (Å²) in [5, 5.41) is 0. The number of hydrogen-bond acceptors (Lipinski definition) is 4. The zero-order valence-electron chi connectivity index (χ0n) is 17.8. The summed E-state index contributed by atoms with van der Waals surface area (Å²) in [6, 6.07) is 8.09. The Labute approximate surface area is 187 Å². The quantitative estimate of drug-likeness (QED) is 0.276. The number of Topliss-reactive ketones (excluding diaryl/α,β-unsaturated/α-hetero) is 1. The van der Waals surface area contributed by atoms with E-state index >= 15 is 0 Å². The van der Waals surface area contributed by atoms with Crippen LogP contribution >= 0.6 is 22.6 Å². The van der Waals surface area contributed by atoms with Crippen LogP contribution in [0.15, 0.2) is 40.5 Å². The number of ether oxygens (including phenoxy) is 1. The first kappa shape index (κ1) is 22.2. The van der Waals surface area contributed by atoms with Gasteiger partial charge in [0.25, 0.3) is 0 Å². The van der Waals surface area contributed by atoms with E-state index in [2.05, 4.69) is 49.4 Å². The molecule has 0 N–H and O–H groups in total. The number of esters is 1. The largest absolute Gasteiger partial charge is 0.465 e. The summed E-state index contributed by atoms with van der Waals surface area (Å²) in [6.45, 7) is 8.65. The van der Waals surface area contributed by atoms with Crippen LogP contribution in [0.3, 0.4) is 0 Å². The van der Waals surface area contributed by atoms with Crippen molar-refractivity contribution in [1.82, 2.24) is 0 Å². The van der Waals surface area contributed by atoms with Gasteiger partial charge in [0, 0.05) is 32.9 Å². The maximum Gasteiger partial charge on any atom is 0.315 e. The van der Waals surface area contributed by atoms with Crippen molar-refractivity contribution >= 4 is 40.1 Å². The van der Waals surface area contributed by atoms with Gasteiger partial charge >= 0.3 is 5.97 Å². The maximum atomic E-state index is 13.2. The van der Waals surface area contributed by atoms with Crippen LogP contribution in [-0.4, -0.2) is 24.1 Å². The molecule has 0 bridgehead atoms. The highest BCUT2D eigenvalue weighted by atomic mass is 127. The second-order valence-corrected chi connectivity index (χ2v) is 10.2. The van der Waals surface area contributed by atoms with E-state index in [1.54, 1.807) is 0 Å². The highest BCUT2D eigenvalue weighted by Crippen LogP contribution is 2.48. The van der Waals surface area contributed by atoms with Crippen LogP contribution in [-0.2, 0) is 14.3 Å². The van der Waals surface area contributed by atoms with E-state index < -0.39 is 5.92 Å². The van der Waals surface area contributed by atoms with Crippen molar-refractivity contribution < 1.29 is 14.3 Å². The van der Waals surface area contributed by atoms with Gasteiger partial charge in [-0.25, -0.2) is 0 Å². The Bertz CT molecular complexity index is 869. The molecule has 3 rings (SSSR count). The first-order chi connectivity index (χ1) is 13.7. The Kier molecular flexibility index (Phi) is 6.97. The minimum Gasteiger partial charge on any atom is -0.465 e. The Hall–Kier alpha value is -1.50. The fraction of sp³-hybridized carbons (Fsp3) is 0.542. The van der Waals surface area contributed by atoms with E-state index in [-0.39, 0.29) is 23.1 Å². The average Bonchev–Trinajstić information content (AvgIpc) is 2.63.